The summed E-state index contributed by atoms with van der Waals surface area (Å²) in [5.41, 5.74) is 1.06. The van der Waals surface area contributed by atoms with Crippen LogP contribution in [0.25, 0.3) is 0 Å². The average molecular weight is 334 g/mol. The van der Waals surface area contributed by atoms with Crippen LogP contribution in [-0.2, 0) is 11.2 Å². The van der Waals surface area contributed by atoms with Gasteiger partial charge in [-0.3, -0.25) is 4.79 Å². The van der Waals surface area contributed by atoms with Gasteiger partial charge in [-0.25, -0.2) is 9.38 Å². The number of aliphatic imine (C=N–C) groups is 1. The number of carbonyl (C=O) groups is 1. The van der Waals surface area contributed by atoms with Gasteiger partial charge in [-0.15, -0.1) is 0 Å². The van der Waals surface area contributed by atoms with Crippen LogP contribution in [-0.4, -0.2) is 50.0 Å². The van der Waals surface area contributed by atoms with Crippen LogP contribution < -0.4 is 10.6 Å². The summed E-state index contributed by atoms with van der Waals surface area (Å²) in [4.78, 5) is 17.7. The first-order chi connectivity index (χ1) is 11.5. The number of hydrogen-bond donors (Lipinski definition) is 2. The van der Waals surface area contributed by atoms with Crippen molar-refractivity contribution in [1.29, 1.82) is 0 Å². The van der Waals surface area contributed by atoms with E-state index in [-0.39, 0.29) is 18.3 Å². The molecule has 0 heterocycles. The number of amides is 1. The number of likely N-dealkylation sites (N-methyl/N-ethyl adjacent to an activating group) is 1. The highest BCUT2D eigenvalue weighted by Crippen LogP contribution is 2.17. The molecule has 6 heteroatoms. The molecule has 1 aliphatic rings. The number of hydrogen-bond acceptors (Lipinski definition) is 2. The molecule has 0 aromatic heterocycles. The van der Waals surface area contributed by atoms with E-state index >= 15 is 0 Å². The van der Waals surface area contributed by atoms with Gasteiger partial charge in [0, 0.05) is 26.7 Å². The molecule has 1 fully saturated rings. The van der Waals surface area contributed by atoms with Crippen molar-refractivity contribution in [1.82, 2.24) is 15.5 Å². The topological polar surface area (TPSA) is 56.7 Å². The molecule has 2 N–H and O–H groups in total. The Hall–Kier alpha value is -2.11. The Balaban J connectivity index is 1.87. The first kappa shape index (κ1) is 18.2. The second-order valence-electron chi connectivity index (χ2n) is 6.38. The highest BCUT2D eigenvalue weighted by molar-refractivity contribution is 5.84. The van der Waals surface area contributed by atoms with Gasteiger partial charge in [-0.05, 0) is 37.0 Å². The number of nitrogens with zero attached hydrogens (tertiary/aromatic N) is 2. The molecule has 24 heavy (non-hydrogen) atoms. The molecule has 2 rings (SSSR count). The normalized spacial score (nSPS) is 15.4. The van der Waals surface area contributed by atoms with E-state index in [1.54, 1.807) is 26.2 Å². The standard InChI is InChI=1S/C18H27FN4O/c1-23(2)17(24)13-21-18(22-16-5-3-4-6-16)20-12-11-14-7-9-15(19)10-8-14/h7-10,16H,3-6,11-13H2,1-2H3,(H2,20,21,22). The Morgan fingerprint density at radius 3 is 2.54 bits per heavy atom. The summed E-state index contributed by atoms with van der Waals surface area (Å²) >= 11 is 0. The van der Waals surface area contributed by atoms with Gasteiger partial charge in [0.15, 0.2) is 5.96 Å². The lowest BCUT2D eigenvalue weighted by molar-refractivity contribution is -0.127. The molecular weight excluding hydrogens is 307 g/mol. The van der Waals surface area contributed by atoms with E-state index in [0.29, 0.717) is 18.5 Å². The summed E-state index contributed by atoms with van der Waals surface area (Å²) in [6.07, 6.45) is 5.52. The van der Waals surface area contributed by atoms with E-state index in [1.165, 1.54) is 29.9 Å². The molecular formula is C18H27FN4O. The Morgan fingerprint density at radius 2 is 1.92 bits per heavy atom. The summed E-state index contributed by atoms with van der Waals surface area (Å²) in [5, 5.41) is 6.69. The Labute approximate surface area is 143 Å². The van der Waals surface area contributed by atoms with Gasteiger partial charge in [0.25, 0.3) is 0 Å². The van der Waals surface area contributed by atoms with E-state index in [0.717, 1.165) is 24.8 Å². The molecule has 0 radical (unpaired) electrons. The number of guanidine groups is 1. The predicted octanol–water partition coefficient (Wildman–Crippen LogP) is 1.93. The fourth-order valence-corrected chi connectivity index (χ4v) is 2.68. The fourth-order valence-electron chi connectivity index (χ4n) is 2.68. The third kappa shape index (κ3) is 6.18. The molecule has 0 saturated heterocycles. The third-order valence-corrected chi connectivity index (χ3v) is 4.19. The highest BCUT2D eigenvalue weighted by Gasteiger charge is 2.16. The van der Waals surface area contributed by atoms with Crippen LogP contribution in [0, 0.1) is 5.82 Å². The molecule has 1 amide bonds. The lowest BCUT2D eigenvalue weighted by Gasteiger charge is -2.18. The van der Waals surface area contributed by atoms with Crippen LogP contribution in [0.5, 0.6) is 0 Å². The molecule has 132 valence electrons. The number of carbonyl (C=O) groups excluding carboxylic acids is 1. The van der Waals surface area contributed by atoms with Crippen LogP contribution >= 0.6 is 0 Å². The second-order valence-corrected chi connectivity index (χ2v) is 6.38. The summed E-state index contributed by atoms with van der Waals surface area (Å²) in [6.45, 7) is 0.811. The van der Waals surface area contributed by atoms with Crippen LogP contribution in [0.3, 0.4) is 0 Å². The zero-order valence-electron chi connectivity index (χ0n) is 14.5. The van der Waals surface area contributed by atoms with Crippen LogP contribution in [0.1, 0.15) is 31.2 Å². The van der Waals surface area contributed by atoms with Crippen molar-refractivity contribution < 1.29 is 9.18 Å². The van der Waals surface area contributed by atoms with Gasteiger partial charge in [-0.2, -0.15) is 0 Å². The van der Waals surface area contributed by atoms with Crippen LogP contribution in [0.15, 0.2) is 29.3 Å². The maximum Gasteiger partial charge on any atom is 0.243 e. The molecule has 5 nitrogen and oxygen atoms in total. The molecule has 1 aromatic rings. The van der Waals surface area contributed by atoms with Crippen molar-refractivity contribution >= 4 is 11.9 Å². The number of benzene rings is 1. The van der Waals surface area contributed by atoms with E-state index in [9.17, 15) is 9.18 Å². The van der Waals surface area contributed by atoms with Crippen molar-refractivity contribution in [2.45, 2.75) is 38.1 Å². The minimum Gasteiger partial charge on any atom is -0.356 e. The molecule has 1 aliphatic carbocycles. The summed E-state index contributed by atoms with van der Waals surface area (Å²) in [6, 6.07) is 6.94. The third-order valence-electron chi connectivity index (χ3n) is 4.19. The van der Waals surface area contributed by atoms with Gasteiger partial charge >= 0.3 is 0 Å². The van der Waals surface area contributed by atoms with Crippen LogP contribution in [0.2, 0.25) is 0 Å². The highest BCUT2D eigenvalue weighted by atomic mass is 19.1. The molecule has 0 bridgehead atoms. The molecule has 1 saturated carbocycles. The summed E-state index contributed by atoms with van der Waals surface area (Å²) < 4.78 is 12.9. The smallest absolute Gasteiger partial charge is 0.243 e. The lowest BCUT2D eigenvalue weighted by atomic mass is 10.1. The largest absolute Gasteiger partial charge is 0.356 e. The lowest BCUT2D eigenvalue weighted by Crippen LogP contribution is -2.43. The van der Waals surface area contributed by atoms with Gasteiger partial charge in [-0.1, -0.05) is 25.0 Å². The minimum absolute atomic E-state index is 0.0268. The average Bonchev–Trinajstić information content (AvgIpc) is 3.06. The Kier molecular flexibility index (Phi) is 7.03. The van der Waals surface area contributed by atoms with Gasteiger partial charge in [0.1, 0.15) is 12.4 Å². The van der Waals surface area contributed by atoms with Crippen molar-refractivity contribution in [3.05, 3.63) is 35.6 Å². The molecule has 0 spiro atoms. The maximum atomic E-state index is 12.9. The number of rotatable bonds is 6. The Bertz CT molecular complexity index is 551. The van der Waals surface area contributed by atoms with E-state index in [1.807, 2.05) is 0 Å². The van der Waals surface area contributed by atoms with Crippen molar-refractivity contribution in [3.8, 4) is 0 Å². The zero-order chi connectivity index (χ0) is 17.4. The fraction of sp³-hybridized carbons (Fsp3) is 0.556. The first-order valence-electron chi connectivity index (χ1n) is 8.54. The molecule has 0 aliphatic heterocycles. The quantitative estimate of drug-likeness (QED) is 0.617. The van der Waals surface area contributed by atoms with Crippen molar-refractivity contribution in [2.24, 2.45) is 4.99 Å². The van der Waals surface area contributed by atoms with Crippen molar-refractivity contribution in [2.75, 3.05) is 27.2 Å². The van der Waals surface area contributed by atoms with Gasteiger partial charge < -0.3 is 15.5 Å². The summed E-state index contributed by atoms with van der Waals surface area (Å²) in [7, 11) is 3.45. The second kappa shape index (κ2) is 9.25. The van der Waals surface area contributed by atoms with Crippen LogP contribution in [0.4, 0.5) is 4.39 Å². The number of nitrogens with one attached hydrogen (secondary N) is 2. The van der Waals surface area contributed by atoms with E-state index in [4.69, 9.17) is 0 Å². The molecule has 0 atom stereocenters. The molecule has 0 unspecified atom stereocenters. The Morgan fingerprint density at radius 1 is 1.25 bits per heavy atom. The van der Waals surface area contributed by atoms with Gasteiger partial charge in [0.05, 0.1) is 0 Å². The monoisotopic (exact) mass is 334 g/mol. The first-order valence-corrected chi connectivity index (χ1v) is 8.54. The van der Waals surface area contributed by atoms with E-state index in [2.05, 4.69) is 15.6 Å². The number of halogens is 1. The SMILES string of the molecule is CN(C)C(=O)CN=C(NCCc1ccc(F)cc1)NC1CCCC1. The maximum absolute atomic E-state index is 12.9. The van der Waals surface area contributed by atoms with E-state index < -0.39 is 0 Å². The minimum atomic E-state index is -0.223. The van der Waals surface area contributed by atoms with Gasteiger partial charge in [0.2, 0.25) is 5.91 Å². The van der Waals surface area contributed by atoms with Crippen molar-refractivity contribution in [3.63, 3.8) is 0 Å². The predicted molar refractivity (Wildman–Crippen MR) is 94.5 cm³/mol. The molecule has 1 aromatic carbocycles. The zero-order valence-corrected chi connectivity index (χ0v) is 14.5. The summed E-state index contributed by atoms with van der Waals surface area (Å²) in [5.74, 6) is 0.430.